The molecule has 2 rings (SSSR count). The topological polar surface area (TPSA) is 55.5 Å². The molecule has 2 aromatic carbocycles. The van der Waals surface area contributed by atoms with Crippen LogP contribution in [0.5, 0.6) is 11.5 Å². The van der Waals surface area contributed by atoms with Crippen molar-refractivity contribution in [3.63, 3.8) is 0 Å². The van der Waals surface area contributed by atoms with Crippen LogP contribution in [0.15, 0.2) is 36.4 Å². The molecule has 0 spiro atoms. The zero-order chi connectivity index (χ0) is 12.4. The molecule has 0 amide bonds. The lowest BCUT2D eigenvalue weighted by atomic mass is 10.0. The lowest BCUT2D eigenvalue weighted by molar-refractivity contribution is 0.413. The molecule has 0 aliphatic carbocycles. The van der Waals surface area contributed by atoms with Gasteiger partial charge in [0.2, 0.25) is 0 Å². The zero-order valence-corrected chi connectivity index (χ0v) is 9.27. The SMILES string of the molecule is COc1cc(F)ccc1-c1ccc(O)c(N)c1. The number of rotatable bonds is 2. The van der Waals surface area contributed by atoms with Gasteiger partial charge >= 0.3 is 0 Å². The highest BCUT2D eigenvalue weighted by molar-refractivity contribution is 5.74. The van der Waals surface area contributed by atoms with Crippen molar-refractivity contribution >= 4 is 5.69 Å². The van der Waals surface area contributed by atoms with E-state index in [9.17, 15) is 9.50 Å². The average Bonchev–Trinajstić information content (AvgIpc) is 2.32. The summed E-state index contributed by atoms with van der Waals surface area (Å²) in [4.78, 5) is 0. The molecule has 0 atom stereocenters. The van der Waals surface area contributed by atoms with E-state index in [4.69, 9.17) is 10.5 Å². The van der Waals surface area contributed by atoms with E-state index in [2.05, 4.69) is 0 Å². The summed E-state index contributed by atoms with van der Waals surface area (Å²) in [6.07, 6.45) is 0. The number of nitrogen functional groups attached to an aromatic ring is 1. The molecule has 0 aliphatic heterocycles. The molecule has 3 nitrogen and oxygen atoms in total. The summed E-state index contributed by atoms with van der Waals surface area (Å²) < 4.78 is 18.2. The number of aromatic hydroxyl groups is 1. The summed E-state index contributed by atoms with van der Waals surface area (Å²) >= 11 is 0. The summed E-state index contributed by atoms with van der Waals surface area (Å²) in [5.74, 6) is 0.0854. The van der Waals surface area contributed by atoms with Gasteiger partial charge in [-0.25, -0.2) is 4.39 Å². The molecule has 0 aliphatic rings. The number of phenolic OH excluding ortho intramolecular Hbond substituents is 1. The van der Waals surface area contributed by atoms with Gasteiger partial charge in [0.15, 0.2) is 0 Å². The maximum Gasteiger partial charge on any atom is 0.138 e. The van der Waals surface area contributed by atoms with Gasteiger partial charge in [0.1, 0.15) is 17.3 Å². The number of methoxy groups -OCH3 is 1. The van der Waals surface area contributed by atoms with Gasteiger partial charge in [-0.3, -0.25) is 0 Å². The molecular formula is C13H12FNO2. The molecule has 0 radical (unpaired) electrons. The van der Waals surface area contributed by atoms with E-state index >= 15 is 0 Å². The number of hydrogen-bond acceptors (Lipinski definition) is 3. The zero-order valence-electron chi connectivity index (χ0n) is 9.27. The Morgan fingerprint density at radius 2 is 1.94 bits per heavy atom. The van der Waals surface area contributed by atoms with E-state index < -0.39 is 0 Å². The minimum Gasteiger partial charge on any atom is -0.506 e. The fourth-order valence-electron chi connectivity index (χ4n) is 1.63. The van der Waals surface area contributed by atoms with Gasteiger partial charge < -0.3 is 15.6 Å². The van der Waals surface area contributed by atoms with Crippen LogP contribution in [-0.4, -0.2) is 12.2 Å². The molecule has 4 heteroatoms. The fourth-order valence-corrected chi connectivity index (χ4v) is 1.63. The van der Waals surface area contributed by atoms with Crippen LogP contribution in [0.3, 0.4) is 0 Å². The van der Waals surface area contributed by atoms with Gasteiger partial charge in [0.05, 0.1) is 12.8 Å². The van der Waals surface area contributed by atoms with Crippen LogP contribution in [0.25, 0.3) is 11.1 Å². The first-order chi connectivity index (χ1) is 8.11. The average molecular weight is 233 g/mol. The number of nitrogens with two attached hydrogens (primary N) is 1. The number of halogens is 1. The van der Waals surface area contributed by atoms with Crippen molar-refractivity contribution < 1.29 is 14.2 Å². The van der Waals surface area contributed by atoms with Crippen LogP contribution in [-0.2, 0) is 0 Å². The van der Waals surface area contributed by atoms with E-state index in [-0.39, 0.29) is 17.3 Å². The summed E-state index contributed by atoms with van der Waals surface area (Å²) in [6.45, 7) is 0. The molecule has 2 aromatic rings. The van der Waals surface area contributed by atoms with Crippen LogP contribution in [0, 0.1) is 5.82 Å². The van der Waals surface area contributed by atoms with Crippen LogP contribution >= 0.6 is 0 Å². The van der Waals surface area contributed by atoms with Gasteiger partial charge in [-0.05, 0) is 29.8 Å². The molecule has 3 N–H and O–H groups in total. The molecule has 0 unspecified atom stereocenters. The van der Waals surface area contributed by atoms with Crippen molar-refractivity contribution in [1.82, 2.24) is 0 Å². The molecule has 0 bridgehead atoms. The molecular weight excluding hydrogens is 221 g/mol. The van der Waals surface area contributed by atoms with Crippen LogP contribution in [0.2, 0.25) is 0 Å². The quantitative estimate of drug-likeness (QED) is 0.619. The van der Waals surface area contributed by atoms with Crippen molar-refractivity contribution in [2.45, 2.75) is 0 Å². The summed E-state index contributed by atoms with van der Waals surface area (Å²) in [5.41, 5.74) is 7.37. The van der Waals surface area contributed by atoms with Gasteiger partial charge in [0.25, 0.3) is 0 Å². The second kappa shape index (κ2) is 4.33. The largest absolute Gasteiger partial charge is 0.506 e. The van der Waals surface area contributed by atoms with E-state index in [1.807, 2.05) is 0 Å². The van der Waals surface area contributed by atoms with Crippen molar-refractivity contribution in [2.24, 2.45) is 0 Å². The Balaban J connectivity index is 2.55. The number of phenols is 1. The van der Waals surface area contributed by atoms with Crippen molar-refractivity contribution in [2.75, 3.05) is 12.8 Å². The standard InChI is InChI=1S/C13H12FNO2/c1-17-13-7-9(14)3-4-10(13)8-2-5-12(16)11(15)6-8/h2-7,16H,15H2,1H3. The van der Waals surface area contributed by atoms with Gasteiger partial charge in [0, 0.05) is 11.6 Å². The third-order valence-electron chi connectivity index (χ3n) is 2.50. The number of benzene rings is 2. The Bertz CT molecular complexity index is 555. The lowest BCUT2D eigenvalue weighted by Crippen LogP contribution is -1.91. The highest BCUT2D eigenvalue weighted by Crippen LogP contribution is 2.33. The van der Waals surface area contributed by atoms with E-state index in [0.29, 0.717) is 5.75 Å². The van der Waals surface area contributed by atoms with Gasteiger partial charge in [-0.1, -0.05) is 6.07 Å². The van der Waals surface area contributed by atoms with E-state index in [1.165, 1.54) is 25.3 Å². The fraction of sp³-hybridized carbons (Fsp3) is 0.0769. The third kappa shape index (κ3) is 2.15. The predicted molar refractivity (Wildman–Crippen MR) is 64.5 cm³/mol. The predicted octanol–water partition coefficient (Wildman–Crippen LogP) is 2.79. The van der Waals surface area contributed by atoms with Crippen molar-refractivity contribution in [1.29, 1.82) is 0 Å². The Morgan fingerprint density at radius 1 is 1.18 bits per heavy atom. The number of ether oxygens (including phenoxy) is 1. The Labute approximate surface area is 98.3 Å². The van der Waals surface area contributed by atoms with E-state index in [1.54, 1.807) is 18.2 Å². The lowest BCUT2D eigenvalue weighted by Gasteiger charge is -2.09. The maximum absolute atomic E-state index is 13.0. The monoisotopic (exact) mass is 233 g/mol. The minimum absolute atomic E-state index is 0.0230. The molecule has 0 saturated carbocycles. The molecule has 0 heterocycles. The molecule has 17 heavy (non-hydrogen) atoms. The highest BCUT2D eigenvalue weighted by Gasteiger charge is 2.08. The van der Waals surface area contributed by atoms with Crippen LogP contribution < -0.4 is 10.5 Å². The smallest absolute Gasteiger partial charge is 0.138 e. The second-order valence-corrected chi connectivity index (χ2v) is 3.62. The second-order valence-electron chi connectivity index (χ2n) is 3.62. The molecule has 88 valence electrons. The summed E-state index contributed by atoms with van der Waals surface area (Å²) in [6, 6.07) is 9.07. The first-order valence-corrected chi connectivity index (χ1v) is 5.04. The van der Waals surface area contributed by atoms with Crippen molar-refractivity contribution in [3.05, 3.63) is 42.2 Å². The van der Waals surface area contributed by atoms with E-state index in [0.717, 1.165) is 11.1 Å². The molecule has 0 aromatic heterocycles. The Hall–Kier alpha value is -2.23. The van der Waals surface area contributed by atoms with Crippen molar-refractivity contribution in [3.8, 4) is 22.6 Å². The minimum atomic E-state index is -0.364. The molecule has 0 fully saturated rings. The van der Waals surface area contributed by atoms with Crippen LogP contribution in [0.4, 0.5) is 10.1 Å². The number of anilines is 1. The normalized spacial score (nSPS) is 10.2. The maximum atomic E-state index is 13.0. The number of hydrogen-bond donors (Lipinski definition) is 2. The summed E-state index contributed by atoms with van der Waals surface area (Å²) in [7, 11) is 1.47. The summed E-state index contributed by atoms with van der Waals surface area (Å²) in [5, 5.41) is 9.34. The third-order valence-corrected chi connectivity index (χ3v) is 2.50. The Kier molecular flexibility index (Phi) is 2.87. The van der Waals surface area contributed by atoms with Gasteiger partial charge in [-0.2, -0.15) is 0 Å². The first-order valence-electron chi connectivity index (χ1n) is 5.04. The van der Waals surface area contributed by atoms with Gasteiger partial charge in [-0.15, -0.1) is 0 Å². The molecule has 0 saturated heterocycles. The Morgan fingerprint density at radius 3 is 2.59 bits per heavy atom. The highest BCUT2D eigenvalue weighted by atomic mass is 19.1. The first kappa shape index (κ1) is 11.3. The van der Waals surface area contributed by atoms with Crippen LogP contribution in [0.1, 0.15) is 0 Å².